The summed E-state index contributed by atoms with van der Waals surface area (Å²) in [6.45, 7) is 17.4. The standard InChI is InChI=1S/C16H35N5.HI/c1-7-20(8-2)14-9-12-21(13-14)15(17-6)18-10-11-19-16(3,4)5;/h14,19H,7-13H2,1-6H3,(H,17,18);1H. The van der Waals surface area contributed by atoms with Crippen molar-refractivity contribution in [2.45, 2.75) is 52.6 Å². The fourth-order valence-corrected chi connectivity index (χ4v) is 2.92. The van der Waals surface area contributed by atoms with Crippen LogP contribution in [0.5, 0.6) is 0 Å². The predicted molar refractivity (Wildman–Crippen MR) is 107 cm³/mol. The second-order valence-corrected chi connectivity index (χ2v) is 6.76. The maximum absolute atomic E-state index is 4.43. The van der Waals surface area contributed by atoms with E-state index in [2.05, 4.69) is 60.0 Å². The van der Waals surface area contributed by atoms with Gasteiger partial charge in [0.25, 0.3) is 0 Å². The Morgan fingerprint density at radius 1 is 1.23 bits per heavy atom. The monoisotopic (exact) mass is 425 g/mol. The molecular weight excluding hydrogens is 389 g/mol. The molecule has 0 aromatic carbocycles. The summed E-state index contributed by atoms with van der Waals surface area (Å²) in [4.78, 5) is 9.37. The molecule has 1 unspecified atom stereocenters. The average molecular weight is 425 g/mol. The molecule has 0 bridgehead atoms. The van der Waals surface area contributed by atoms with Crippen LogP contribution in [0.15, 0.2) is 4.99 Å². The Hall–Kier alpha value is -0.0800. The second kappa shape index (κ2) is 10.6. The van der Waals surface area contributed by atoms with E-state index in [-0.39, 0.29) is 29.5 Å². The van der Waals surface area contributed by atoms with Crippen molar-refractivity contribution in [2.75, 3.05) is 46.3 Å². The van der Waals surface area contributed by atoms with Gasteiger partial charge in [0, 0.05) is 44.8 Å². The number of nitrogens with one attached hydrogen (secondary N) is 2. The predicted octanol–water partition coefficient (Wildman–Crippen LogP) is 1.98. The topological polar surface area (TPSA) is 42.9 Å². The number of nitrogens with zero attached hydrogens (tertiary/aromatic N) is 3. The molecule has 1 atom stereocenters. The maximum Gasteiger partial charge on any atom is 0.193 e. The summed E-state index contributed by atoms with van der Waals surface area (Å²) in [6, 6.07) is 0.672. The number of aliphatic imine (C=N–C) groups is 1. The molecule has 2 N–H and O–H groups in total. The lowest BCUT2D eigenvalue weighted by molar-refractivity contribution is 0.223. The molecule has 1 fully saturated rings. The normalized spacial score (nSPS) is 19.5. The lowest BCUT2D eigenvalue weighted by Gasteiger charge is -2.27. The molecule has 6 heteroatoms. The van der Waals surface area contributed by atoms with Gasteiger partial charge in [0.15, 0.2) is 5.96 Å². The Bertz CT molecular complexity index is 323. The average Bonchev–Trinajstić information content (AvgIpc) is 2.88. The molecule has 0 radical (unpaired) electrons. The first-order valence-corrected chi connectivity index (χ1v) is 8.36. The highest BCUT2D eigenvalue weighted by Crippen LogP contribution is 2.15. The molecule has 1 heterocycles. The minimum Gasteiger partial charge on any atom is -0.355 e. The van der Waals surface area contributed by atoms with Crippen molar-refractivity contribution in [3.05, 3.63) is 0 Å². The van der Waals surface area contributed by atoms with Crippen molar-refractivity contribution >= 4 is 29.9 Å². The molecule has 1 aliphatic rings. The van der Waals surface area contributed by atoms with E-state index in [0.29, 0.717) is 6.04 Å². The SMILES string of the molecule is CCN(CC)C1CCN(C(=NC)NCCNC(C)(C)C)C1.I. The van der Waals surface area contributed by atoms with Gasteiger partial charge in [-0.1, -0.05) is 13.8 Å². The molecule has 1 rings (SSSR count). The van der Waals surface area contributed by atoms with Crippen LogP contribution in [0.4, 0.5) is 0 Å². The van der Waals surface area contributed by atoms with E-state index in [1.807, 2.05) is 7.05 Å². The van der Waals surface area contributed by atoms with Gasteiger partial charge in [0.2, 0.25) is 0 Å². The van der Waals surface area contributed by atoms with Crippen molar-refractivity contribution < 1.29 is 0 Å². The summed E-state index contributed by atoms with van der Waals surface area (Å²) in [5.74, 6) is 1.04. The van der Waals surface area contributed by atoms with Gasteiger partial charge in [-0.3, -0.25) is 9.89 Å². The van der Waals surface area contributed by atoms with Gasteiger partial charge in [0.1, 0.15) is 0 Å². The Morgan fingerprint density at radius 3 is 2.36 bits per heavy atom. The number of rotatable bonds is 6. The molecule has 132 valence electrons. The molecular formula is C16H36IN5. The van der Waals surface area contributed by atoms with Crippen molar-refractivity contribution in [3.63, 3.8) is 0 Å². The van der Waals surface area contributed by atoms with Crippen molar-refractivity contribution in [1.82, 2.24) is 20.4 Å². The summed E-state index contributed by atoms with van der Waals surface area (Å²) in [7, 11) is 1.88. The first-order chi connectivity index (χ1) is 9.91. The summed E-state index contributed by atoms with van der Waals surface area (Å²) in [6.07, 6.45) is 1.24. The van der Waals surface area contributed by atoms with E-state index in [9.17, 15) is 0 Å². The van der Waals surface area contributed by atoms with Crippen molar-refractivity contribution in [2.24, 2.45) is 4.99 Å². The van der Waals surface area contributed by atoms with E-state index >= 15 is 0 Å². The molecule has 0 aromatic heterocycles. The van der Waals surface area contributed by atoms with Crippen LogP contribution in [-0.2, 0) is 0 Å². The Morgan fingerprint density at radius 2 is 1.86 bits per heavy atom. The molecule has 5 nitrogen and oxygen atoms in total. The van der Waals surface area contributed by atoms with Crippen LogP contribution in [0.25, 0.3) is 0 Å². The molecule has 0 aromatic rings. The highest BCUT2D eigenvalue weighted by atomic mass is 127. The molecule has 22 heavy (non-hydrogen) atoms. The summed E-state index contributed by atoms with van der Waals surface area (Å²) < 4.78 is 0. The van der Waals surface area contributed by atoms with Gasteiger partial charge < -0.3 is 15.5 Å². The Balaban J connectivity index is 0.00000441. The highest BCUT2D eigenvalue weighted by molar-refractivity contribution is 14.0. The zero-order valence-electron chi connectivity index (χ0n) is 15.3. The zero-order chi connectivity index (χ0) is 15.9. The fourth-order valence-electron chi connectivity index (χ4n) is 2.92. The fraction of sp³-hybridized carbons (Fsp3) is 0.938. The Kier molecular flexibility index (Phi) is 10.6. The van der Waals surface area contributed by atoms with Crippen LogP contribution in [0, 0.1) is 0 Å². The van der Waals surface area contributed by atoms with E-state index in [4.69, 9.17) is 0 Å². The highest BCUT2D eigenvalue weighted by Gasteiger charge is 2.27. The van der Waals surface area contributed by atoms with Gasteiger partial charge in [-0.2, -0.15) is 0 Å². The van der Waals surface area contributed by atoms with Crippen LogP contribution in [0.3, 0.4) is 0 Å². The van der Waals surface area contributed by atoms with Gasteiger partial charge >= 0.3 is 0 Å². The molecule has 0 aliphatic carbocycles. The minimum atomic E-state index is 0. The third kappa shape index (κ3) is 7.46. The summed E-state index contributed by atoms with van der Waals surface area (Å²) in [5.41, 5.74) is 0.173. The lowest BCUT2D eigenvalue weighted by atomic mass is 10.1. The number of likely N-dealkylation sites (N-methyl/N-ethyl adjacent to an activating group) is 1. The second-order valence-electron chi connectivity index (χ2n) is 6.76. The van der Waals surface area contributed by atoms with Crippen LogP contribution in [-0.4, -0.2) is 73.7 Å². The van der Waals surface area contributed by atoms with E-state index in [1.54, 1.807) is 0 Å². The maximum atomic E-state index is 4.43. The molecule has 1 saturated heterocycles. The van der Waals surface area contributed by atoms with Crippen LogP contribution < -0.4 is 10.6 Å². The lowest BCUT2D eigenvalue weighted by Crippen LogP contribution is -2.46. The van der Waals surface area contributed by atoms with Gasteiger partial charge in [-0.15, -0.1) is 24.0 Å². The van der Waals surface area contributed by atoms with E-state index < -0.39 is 0 Å². The Labute approximate surface area is 154 Å². The number of likely N-dealkylation sites (tertiary alicyclic amines) is 1. The summed E-state index contributed by atoms with van der Waals surface area (Å²) in [5, 5.41) is 6.97. The molecule has 0 spiro atoms. The molecule has 0 amide bonds. The van der Waals surface area contributed by atoms with E-state index in [0.717, 1.165) is 45.2 Å². The number of guanidine groups is 1. The number of hydrogen-bond acceptors (Lipinski definition) is 3. The third-order valence-electron chi connectivity index (χ3n) is 4.07. The van der Waals surface area contributed by atoms with Crippen molar-refractivity contribution in [3.8, 4) is 0 Å². The van der Waals surface area contributed by atoms with Gasteiger partial charge in [-0.25, -0.2) is 0 Å². The smallest absolute Gasteiger partial charge is 0.193 e. The van der Waals surface area contributed by atoms with Gasteiger partial charge in [0.05, 0.1) is 0 Å². The first kappa shape index (κ1) is 21.9. The summed E-state index contributed by atoms with van der Waals surface area (Å²) >= 11 is 0. The molecule has 1 aliphatic heterocycles. The van der Waals surface area contributed by atoms with E-state index in [1.165, 1.54) is 6.42 Å². The van der Waals surface area contributed by atoms with Crippen molar-refractivity contribution in [1.29, 1.82) is 0 Å². The number of hydrogen-bond donors (Lipinski definition) is 2. The largest absolute Gasteiger partial charge is 0.355 e. The molecule has 0 saturated carbocycles. The third-order valence-corrected chi connectivity index (χ3v) is 4.07. The number of halogens is 1. The van der Waals surface area contributed by atoms with Gasteiger partial charge in [-0.05, 0) is 40.3 Å². The first-order valence-electron chi connectivity index (χ1n) is 8.36. The van der Waals surface area contributed by atoms with Crippen LogP contribution in [0.2, 0.25) is 0 Å². The van der Waals surface area contributed by atoms with Crippen LogP contribution >= 0.6 is 24.0 Å². The van der Waals surface area contributed by atoms with Crippen LogP contribution in [0.1, 0.15) is 41.0 Å². The minimum absolute atomic E-state index is 0. The quantitative estimate of drug-likeness (QED) is 0.296. The zero-order valence-corrected chi connectivity index (χ0v) is 17.6.